The predicted molar refractivity (Wildman–Crippen MR) is 110 cm³/mol. The van der Waals surface area contributed by atoms with Crippen LogP contribution in [0.4, 0.5) is 5.69 Å². The molecule has 7 nitrogen and oxygen atoms in total. The number of hydrogen-bond donors (Lipinski definition) is 2. The van der Waals surface area contributed by atoms with Crippen LogP contribution in [-0.2, 0) is 11.3 Å². The second-order valence-electron chi connectivity index (χ2n) is 7.13. The molecule has 146 valence electrons. The molecule has 3 aromatic heterocycles. The number of aromatic amines is 1. The van der Waals surface area contributed by atoms with Crippen LogP contribution in [0, 0.1) is 0 Å². The number of pyridine rings is 2. The number of carbonyl (C=O) groups is 1. The topological polar surface area (TPSA) is 74.3 Å². The van der Waals surface area contributed by atoms with Gasteiger partial charge in [0.05, 0.1) is 37.2 Å². The van der Waals surface area contributed by atoms with Gasteiger partial charge in [-0.15, -0.1) is 0 Å². The summed E-state index contributed by atoms with van der Waals surface area (Å²) in [5.74, 6) is 0.300. The largest absolute Gasteiger partial charge is 0.379 e. The molecular formula is C22H22N5O2+. The van der Waals surface area contributed by atoms with Crippen LogP contribution in [0.1, 0.15) is 16.3 Å². The van der Waals surface area contributed by atoms with Crippen LogP contribution in [0.25, 0.3) is 16.4 Å². The molecule has 0 radical (unpaired) electrons. The minimum atomic E-state index is -0.197. The van der Waals surface area contributed by atoms with Gasteiger partial charge in [0.15, 0.2) is 11.2 Å². The average Bonchev–Trinajstić information content (AvgIpc) is 3.13. The first kappa shape index (κ1) is 17.8. The monoisotopic (exact) mass is 388 g/mol. The Morgan fingerprint density at radius 3 is 2.90 bits per heavy atom. The number of carbonyl (C=O) groups excluding carboxylic acids is 1. The van der Waals surface area contributed by atoms with Crippen LogP contribution in [0.15, 0.2) is 60.9 Å². The van der Waals surface area contributed by atoms with Gasteiger partial charge in [0.1, 0.15) is 0 Å². The molecule has 5 rings (SSSR count). The number of fused-ring (bicyclic) bond motifs is 2. The van der Waals surface area contributed by atoms with Crippen molar-refractivity contribution in [3.05, 3.63) is 72.4 Å². The number of amides is 1. The minimum absolute atomic E-state index is 0.197. The van der Waals surface area contributed by atoms with Crippen molar-refractivity contribution in [3.63, 3.8) is 0 Å². The van der Waals surface area contributed by atoms with E-state index in [9.17, 15) is 4.79 Å². The number of aromatic nitrogens is 3. The Morgan fingerprint density at radius 2 is 2.00 bits per heavy atom. The van der Waals surface area contributed by atoms with E-state index in [0.29, 0.717) is 11.5 Å². The van der Waals surface area contributed by atoms with Crippen molar-refractivity contribution >= 4 is 28.0 Å². The van der Waals surface area contributed by atoms with Gasteiger partial charge in [0, 0.05) is 24.7 Å². The number of imidazole rings is 1. The highest BCUT2D eigenvalue weighted by atomic mass is 16.5. The summed E-state index contributed by atoms with van der Waals surface area (Å²) in [6, 6.07) is 15.6. The van der Waals surface area contributed by atoms with Crippen LogP contribution in [0.2, 0.25) is 0 Å². The number of morpholine rings is 1. The lowest BCUT2D eigenvalue weighted by molar-refractivity contribution is -0.514. The molecule has 1 aromatic carbocycles. The summed E-state index contributed by atoms with van der Waals surface area (Å²) >= 11 is 0. The van der Waals surface area contributed by atoms with Gasteiger partial charge >= 0.3 is 11.7 Å². The van der Waals surface area contributed by atoms with Crippen LogP contribution >= 0.6 is 0 Å². The third kappa shape index (κ3) is 3.46. The summed E-state index contributed by atoms with van der Waals surface area (Å²) in [6.07, 6.45) is 3.64. The molecule has 0 atom stereocenters. The fourth-order valence-electron chi connectivity index (χ4n) is 3.81. The van der Waals surface area contributed by atoms with Crippen molar-refractivity contribution in [2.45, 2.75) is 6.54 Å². The van der Waals surface area contributed by atoms with E-state index >= 15 is 0 Å². The first-order valence-electron chi connectivity index (χ1n) is 9.76. The van der Waals surface area contributed by atoms with Gasteiger partial charge in [-0.2, -0.15) is 4.40 Å². The molecule has 1 aliphatic rings. The van der Waals surface area contributed by atoms with Crippen LogP contribution in [0.3, 0.4) is 0 Å². The Labute approximate surface area is 167 Å². The highest BCUT2D eigenvalue weighted by Gasteiger charge is 2.26. The maximum Gasteiger partial charge on any atom is 0.351 e. The van der Waals surface area contributed by atoms with Crippen molar-refractivity contribution in [1.29, 1.82) is 0 Å². The second kappa shape index (κ2) is 7.62. The van der Waals surface area contributed by atoms with E-state index in [1.54, 1.807) is 6.20 Å². The van der Waals surface area contributed by atoms with Crippen molar-refractivity contribution in [2.75, 3.05) is 31.6 Å². The molecule has 1 aliphatic heterocycles. The lowest BCUT2D eigenvalue weighted by Crippen LogP contribution is -2.35. The summed E-state index contributed by atoms with van der Waals surface area (Å²) in [7, 11) is 0. The molecule has 1 saturated heterocycles. The Morgan fingerprint density at radius 1 is 1.14 bits per heavy atom. The first-order chi connectivity index (χ1) is 14.3. The van der Waals surface area contributed by atoms with Crippen molar-refractivity contribution < 1.29 is 13.9 Å². The van der Waals surface area contributed by atoms with Gasteiger partial charge in [0.25, 0.3) is 0 Å². The maximum atomic E-state index is 13.2. The average molecular weight is 388 g/mol. The zero-order valence-electron chi connectivity index (χ0n) is 16.0. The Balaban J connectivity index is 1.48. The van der Waals surface area contributed by atoms with Gasteiger partial charge < -0.3 is 10.1 Å². The number of H-pyrrole nitrogens is 1. The Hall–Kier alpha value is -3.29. The van der Waals surface area contributed by atoms with Gasteiger partial charge in [-0.25, -0.2) is 4.98 Å². The normalized spacial score (nSPS) is 15.0. The van der Waals surface area contributed by atoms with E-state index in [4.69, 9.17) is 4.74 Å². The smallest absolute Gasteiger partial charge is 0.351 e. The van der Waals surface area contributed by atoms with E-state index in [1.807, 2.05) is 59.1 Å². The van der Waals surface area contributed by atoms with Gasteiger partial charge in [-0.1, -0.05) is 24.3 Å². The van der Waals surface area contributed by atoms with Crippen molar-refractivity contribution in [2.24, 2.45) is 0 Å². The molecule has 0 unspecified atom stereocenters. The predicted octanol–water partition coefficient (Wildman–Crippen LogP) is 2.39. The molecule has 0 saturated carbocycles. The zero-order chi connectivity index (χ0) is 19.6. The quantitative estimate of drug-likeness (QED) is 0.527. The van der Waals surface area contributed by atoms with E-state index < -0.39 is 0 Å². The summed E-state index contributed by atoms with van der Waals surface area (Å²) in [5, 5.41) is 4.01. The molecule has 4 heterocycles. The minimum Gasteiger partial charge on any atom is -0.379 e. The van der Waals surface area contributed by atoms with Gasteiger partial charge in [-0.05, 0) is 24.3 Å². The highest BCUT2D eigenvalue weighted by Crippen LogP contribution is 2.21. The molecule has 0 bridgehead atoms. The zero-order valence-corrected chi connectivity index (χ0v) is 16.0. The SMILES string of the molecule is O=C(Nc1cccc2cccnc12)c1[nH]c(CN2CCOCC2)c2cccc[n+]12. The maximum absolute atomic E-state index is 13.2. The number of ether oxygens (including phenoxy) is 1. The molecule has 29 heavy (non-hydrogen) atoms. The Bertz CT molecular complexity index is 1170. The Kier molecular flexibility index (Phi) is 4.67. The fourth-order valence-corrected chi connectivity index (χ4v) is 3.81. The summed E-state index contributed by atoms with van der Waals surface area (Å²) in [4.78, 5) is 23.3. The van der Waals surface area contributed by atoms with Gasteiger partial charge in [0.2, 0.25) is 0 Å². The van der Waals surface area contributed by atoms with E-state index in [2.05, 4.69) is 20.2 Å². The first-order valence-corrected chi connectivity index (χ1v) is 9.76. The number of hydrogen-bond acceptors (Lipinski definition) is 4. The third-order valence-corrected chi connectivity index (χ3v) is 5.26. The molecule has 1 fully saturated rings. The van der Waals surface area contributed by atoms with E-state index in [1.165, 1.54) is 0 Å². The molecule has 4 aromatic rings. The van der Waals surface area contributed by atoms with Crippen LogP contribution in [0.5, 0.6) is 0 Å². The number of para-hydroxylation sites is 1. The van der Waals surface area contributed by atoms with Crippen LogP contribution < -0.4 is 9.72 Å². The summed E-state index contributed by atoms with van der Waals surface area (Å²) in [5.41, 5.74) is 3.49. The van der Waals surface area contributed by atoms with Crippen molar-refractivity contribution in [3.8, 4) is 0 Å². The molecule has 1 amide bonds. The highest BCUT2D eigenvalue weighted by molar-refractivity contribution is 6.05. The van der Waals surface area contributed by atoms with E-state index in [0.717, 1.165) is 55.0 Å². The molecule has 7 heteroatoms. The lowest BCUT2D eigenvalue weighted by Gasteiger charge is -2.25. The lowest BCUT2D eigenvalue weighted by atomic mass is 10.2. The van der Waals surface area contributed by atoms with E-state index in [-0.39, 0.29) is 5.91 Å². The molecular weight excluding hydrogens is 366 g/mol. The standard InChI is InChI=1S/C22H21N5O2/c28-22(25-17-7-3-5-16-6-4-9-23-20(16)17)21-24-18(15-26-11-13-29-14-12-26)19-8-1-2-10-27(19)21/h1-10H,11-15H2,(H,25,28)/p+1. The third-order valence-electron chi connectivity index (χ3n) is 5.26. The second-order valence-corrected chi connectivity index (χ2v) is 7.13. The summed E-state index contributed by atoms with van der Waals surface area (Å²) < 4.78 is 7.35. The fraction of sp³-hybridized carbons (Fsp3) is 0.227. The molecule has 0 spiro atoms. The van der Waals surface area contributed by atoms with Gasteiger partial charge in [-0.3, -0.25) is 14.7 Å². The number of benzene rings is 1. The number of anilines is 1. The van der Waals surface area contributed by atoms with Crippen molar-refractivity contribution in [1.82, 2.24) is 14.9 Å². The molecule has 2 N–H and O–H groups in total. The number of rotatable bonds is 4. The summed E-state index contributed by atoms with van der Waals surface area (Å²) in [6.45, 7) is 4.02. The number of nitrogens with zero attached hydrogens (tertiary/aromatic N) is 3. The molecule has 0 aliphatic carbocycles. The van der Waals surface area contributed by atoms with Crippen LogP contribution in [-0.4, -0.2) is 47.1 Å². The number of nitrogens with one attached hydrogen (secondary N) is 2.